The van der Waals surface area contributed by atoms with Crippen molar-refractivity contribution in [2.45, 2.75) is 31.5 Å². The summed E-state index contributed by atoms with van der Waals surface area (Å²) in [6.45, 7) is 1.85. The highest BCUT2D eigenvalue weighted by Crippen LogP contribution is 2.31. The predicted octanol–water partition coefficient (Wildman–Crippen LogP) is -1.21. The summed E-state index contributed by atoms with van der Waals surface area (Å²) >= 11 is 0. The molecule has 10 nitrogen and oxygen atoms in total. The number of imidazole rings is 1. The number of hydrogen-bond acceptors (Lipinski definition) is 9. The number of hydrogen-bond donors (Lipinski definition) is 5. The van der Waals surface area contributed by atoms with Gasteiger partial charge in [0.05, 0.1) is 19.5 Å². The third-order valence-corrected chi connectivity index (χ3v) is 4.12. The van der Waals surface area contributed by atoms with Gasteiger partial charge in [0, 0.05) is 6.54 Å². The molecule has 0 aliphatic carbocycles. The lowest BCUT2D eigenvalue weighted by molar-refractivity contribution is -0.0511. The maximum atomic E-state index is 10.2. The lowest BCUT2D eigenvalue weighted by Crippen LogP contribution is -2.33. The molecule has 0 radical (unpaired) electrons. The Morgan fingerprint density at radius 1 is 1.28 bits per heavy atom. The van der Waals surface area contributed by atoms with Crippen molar-refractivity contribution < 1.29 is 25.2 Å². The number of aromatic nitrogens is 4. The predicted molar refractivity (Wildman–Crippen MR) is 87.7 cm³/mol. The Hall–Kier alpha value is -2.11. The summed E-state index contributed by atoms with van der Waals surface area (Å²) in [5, 5.41) is 41.4. The molecule has 25 heavy (non-hydrogen) atoms. The van der Waals surface area contributed by atoms with Crippen LogP contribution in [0.5, 0.6) is 0 Å². The lowest BCUT2D eigenvalue weighted by Gasteiger charge is -2.16. The molecule has 5 N–H and O–H groups in total. The van der Waals surface area contributed by atoms with Crippen molar-refractivity contribution in [3.63, 3.8) is 0 Å². The fourth-order valence-electron chi connectivity index (χ4n) is 2.66. The zero-order valence-corrected chi connectivity index (χ0v) is 13.6. The highest BCUT2D eigenvalue weighted by molar-refractivity contribution is 5.82. The normalized spacial score (nSPS) is 27.2. The monoisotopic (exact) mass is 351 g/mol. The Morgan fingerprint density at radius 3 is 2.76 bits per heavy atom. The minimum absolute atomic E-state index is 0.0131. The first-order valence-electron chi connectivity index (χ1n) is 7.87. The van der Waals surface area contributed by atoms with Crippen molar-refractivity contribution in [1.29, 1.82) is 0 Å². The second-order valence-electron chi connectivity index (χ2n) is 5.86. The summed E-state index contributed by atoms with van der Waals surface area (Å²) in [4.78, 5) is 12.6. The fourth-order valence-corrected chi connectivity index (χ4v) is 2.66. The molecule has 1 aliphatic heterocycles. The van der Waals surface area contributed by atoms with Crippen LogP contribution in [0.3, 0.4) is 0 Å². The third-order valence-electron chi connectivity index (χ3n) is 4.12. The van der Waals surface area contributed by atoms with Crippen molar-refractivity contribution >= 4 is 17.0 Å². The van der Waals surface area contributed by atoms with Crippen LogP contribution in [0.25, 0.3) is 11.2 Å². The van der Waals surface area contributed by atoms with E-state index >= 15 is 0 Å². The number of anilines is 1. The van der Waals surface area contributed by atoms with E-state index in [0.29, 0.717) is 23.5 Å². The average Bonchev–Trinajstić information content (AvgIpc) is 3.17. The Kier molecular flexibility index (Phi) is 5.25. The molecule has 0 saturated carbocycles. The van der Waals surface area contributed by atoms with Gasteiger partial charge in [0.1, 0.15) is 24.6 Å². The lowest BCUT2D eigenvalue weighted by atomic mass is 10.1. The Labute approximate surface area is 143 Å². The van der Waals surface area contributed by atoms with Gasteiger partial charge in [-0.3, -0.25) is 4.57 Å². The third kappa shape index (κ3) is 3.34. The summed E-state index contributed by atoms with van der Waals surface area (Å²) in [7, 11) is 0. The summed E-state index contributed by atoms with van der Waals surface area (Å²) in [6, 6.07) is 0. The van der Waals surface area contributed by atoms with Gasteiger partial charge < -0.3 is 30.5 Å². The minimum atomic E-state index is -1.21. The van der Waals surface area contributed by atoms with E-state index in [4.69, 9.17) is 9.84 Å². The quantitative estimate of drug-likeness (QED) is 0.404. The van der Waals surface area contributed by atoms with Crippen molar-refractivity contribution in [3.8, 4) is 0 Å². The zero-order valence-electron chi connectivity index (χ0n) is 13.6. The first kappa shape index (κ1) is 17.7. The molecule has 3 heterocycles. The molecular formula is C15H21N5O5. The molecule has 10 heteroatoms. The number of fused-ring (bicyclic) bond motifs is 1. The second-order valence-corrected chi connectivity index (χ2v) is 5.86. The summed E-state index contributed by atoms with van der Waals surface area (Å²) in [6.07, 6.45) is 0.443. The molecule has 0 aromatic carbocycles. The van der Waals surface area contributed by atoms with E-state index in [9.17, 15) is 15.3 Å². The molecule has 0 bridgehead atoms. The largest absolute Gasteiger partial charge is 0.394 e. The summed E-state index contributed by atoms with van der Waals surface area (Å²) < 4.78 is 7.01. The summed E-state index contributed by atoms with van der Waals surface area (Å²) in [5.41, 5.74) is 1.74. The SMILES string of the molecule is C/C(=C\CNc1ncnc2c1ncn2[C@@H]1O[C@H](CO)[C@H](O)[C@@H]1O)CO. The number of nitrogens with zero attached hydrogens (tertiary/aromatic N) is 4. The van der Waals surface area contributed by atoms with Crippen LogP contribution < -0.4 is 5.32 Å². The molecule has 0 unspecified atom stereocenters. The van der Waals surface area contributed by atoms with Gasteiger partial charge in [0.15, 0.2) is 23.2 Å². The first-order chi connectivity index (χ1) is 12.1. The smallest absolute Gasteiger partial charge is 0.167 e. The van der Waals surface area contributed by atoms with Crippen LogP contribution in [0.4, 0.5) is 5.82 Å². The van der Waals surface area contributed by atoms with Gasteiger partial charge in [0.25, 0.3) is 0 Å². The number of ether oxygens (including phenoxy) is 1. The fraction of sp³-hybridized carbons (Fsp3) is 0.533. The van der Waals surface area contributed by atoms with Crippen LogP contribution in [-0.4, -0.2) is 78.0 Å². The maximum Gasteiger partial charge on any atom is 0.167 e. The molecule has 3 rings (SSSR count). The van der Waals surface area contributed by atoms with Crippen molar-refractivity contribution in [3.05, 3.63) is 24.3 Å². The van der Waals surface area contributed by atoms with Gasteiger partial charge in [-0.1, -0.05) is 11.6 Å². The topological polar surface area (TPSA) is 146 Å². The van der Waals surface area contributed by atoms with E-state index < -0.39 is 31.1 Å². The zero-order chi connectivity index (χ0) is 18.0. The summed E-state index contributed by atoms with van der Waals surface area (Å²) in [5.74, 6) is 0.498. The molecule has 136 valence electrons. The van der Waals surface area contributed by atoms with Gasteiger partial charge >= 0.3 is 0 Å². The Balaban J connectivity index is 1.86. The van der Waals surface area contributed by atoms with Gasteiger partial charge in [-0.25, -0.2) is 15.0 Å². The molecule has 1 fully saturated rings. The number of nitrogens with one attached hydrogen (secondary N) is 1. The van der Waals surface area contributed by atoms with E-state index in [1.54, 1.807) is 0 Å². The first-order valence-corrected chi connectivity index (χ1v) is 7.87. The van der Waals surface area contributed by atoms with Crippen LogP contribution >= 0.6 is 0 Å². The number of rotatable bonds is 6. The van der Waals surface area contributed by atoms with Crippen molar-refractivity contribution in [2.24, 2.45) is 0 Å². The molecule has 1 saturated heterocycles. The number of aliphatic hydroxyl groups is 4. The van der Waals surface area contributed by atoms with Crippen LogP contribution in [0.15, 0.2) is 24.3 Å². The molecule has 1 aliphatic rings. The molecule has 0 spiro atoms. The molecule has 2 aromatic rings. The van der Waals surface area contributed by atoms with E-state index in [1.807, 2.05) is 13.0 Å². The minimum Gasteiger partial charge on any atom is -0.394 e. The van der Waals surface area contributed by atoms with Crippen molar-refractivity contribution in [2.75, 3.05) is 25.1 Å². The van der Waals surface area contributed by atoms with E-state index in [2.05, 4.69) is 20.3 Å². The van der Waals surface area contributed by atoms with Crippen LogP contribution in [0.1, 0.15) is 13.2 Å². The van der Waals surface area contributed by atoms with Gasteiger partial charge in [-0.05, 0) is 6.92 Å². The van der Waals surface area contributed by atoms with E-state index in [-0.39, 0.29) is 6.61 Å². The van der Waals surface area contributed by atoms with Crippen LogP contribution in [0.2, 0.25) is 0 Å². The number of aliphatic hydroxyl groups excluding tert-OH is 4. The molecule has 2 aromatic heterocycles. The van der Waals surface area contributed by atoms with Gasteiger partial charge in [0.2, 0.25) is 0 Å². The maximum absolute atomic E-state index is 10.2. The Bertz CT molecular complexity index is 764. The second kappa shape index (κ2) is 7.42. The van der Waals surface area contributed by atoms with Crippen molar-refractivity contribution in [1.82, 2.24) is 19.5 Å². The highest BCUT2D eigenvalue weighted by Gasteiger charge is 2.44. The molecular weight excluding hydrogens is 330 g/mol. The highest BCUT2D eigenvalue weighted by atomic mass is 16.6. The average molecular weight is 351 g/mol. The van der Waals surface area contributed by atoms with Crippen LogP contribution in [0, 0.1) is 0 Å². The molecule has 0 amide bonds. The van der Waals surface area contributed by atoms with Gasteiger partial charge in [-0.15, -0.1) is 0 Å². The van der Waals surface area contributed by atoms with E-state index in [0.717, 1.165) is 5.57 Å². The Morgan fingerprint density at radius 2 is 2.08 bits per heavy atom. The molecule has 4 atom stereocenters. The standard InChI is InChI=1S/C15H21N5O5/c1-8(4-21)2-3-16-13-10-14(18-6-17-13)20(7-19-10)15-12(24)11(23)9(5-22)25-15/h2,6-7,9,11-12,15,21-24H,3-5H2,1H3,(H,16,17,18)/b8-2+/t9-,11+,12+,15-/m1/s1. The van der Waals surface area contributed by atoms with E-state index in [1.165, 1.54) is 17.2 Å². The van der Waals surface area contributed by atoms with Gasteiger partial charge in [-0.2, -0.15) is 0 Å². The van der Waals surface area contributed by atoms with Crippen LogP contribution in [-0.2, 0) is 4.74 Å².